The van der Waals surface area contributed by atoms with Crippen LogP contribution >= 0.6 is 11.3 Å². The van der Waals surface area contributed by atoms with Gasteiger partial charge in [0.05, 0.1) is 31.7 Å². The maximum Gasteiger partial charge on any atom is 0.263 e. The molecule has 1 saturated heterocycles. The minimum atomic E-state index is -0.133. The maximum absolute atomic E-state index is 12.9. The zero-order valence-corrected chi connectivity index (χ0v) is 19.0. The van der Waals surface area contributed by atoms with Crippen LogP contribution in [0, 0.1) is 6.92 Å². The molecule has 0 saturated carbocycles. The van der Waals surface area contributed by atoms with Gasteiger partial charge in [-0.05, 0) is 44.0 Å². The molecule has 8 nitrogen and oxygen atoms in total. The standard InChI is InChI=1S/C23H25N3O5S/c1-14-20(32-22(24-14)15-4-5-18(29-2)19(12-15)30-3)21(27)25-17-6-9-26(10-7-17)23(28)16-8-11-31-13-16/h4-5,8,11-13,17H,6-7,9-10H2,1-3H3,(H,25,27). The predicted octanol–water partition coefficient (Wildman–Crippen LogP) is 3.76. The van der Waals surface area contributed by atoms with Gasteiger partial charge in [-0.15, -0.1) is 11.3 Å². The molecule has 1 aliphatic rings. The number of benzene rings is 1. The van der Waals surface area contributed by atoms with E-state index >= 15 is 0 Å². The number of nitrogens with one attached hydrogen (secondary N) is 1. The number of ether oxygens (including phenoxy) is 2. The van der Waals surface area contributed by atoms with Crippen molar-refractivity contribution in [2.75, 3.05) is 27.3 Å². The predicted molar refractivity (Wildman–Crippen MR) is 120 cm³/mol. The molecular formula is C23H25N3O5S. The van der Waals surface area contributed by atoms with Crippen LogP contribution in [-0.4, -0.2) is 55.0 Å². The highest BCUT2D eigenvalue weighted by Crippen LogP contribution is 2.35. The molecule has 1 aliphatic heterocycles. The van der Waals surface area contributed by atoms with Gasteiger partial charge in [-0.1, -0.05) is 0 Å². The second kappa shape index (κ2) is 9.44. The lowest BCUT2D eigenvalue weighted by Crippen LogP contribution is -2.46. The fourth-order valence-electron chi connectivity index (χ4n) is 3.75. The number of aromatic nitrogens is 1. The molecule has 3 heterocycles. The zero-order valence-electron chi connectivity index (χ0n) is 18.2. The summed E-state index contributed by atoms with van der Waals surface area (Å²) in [5, 5.41) is 3.85. The van der Waals surface area contributed by atoms with Crippen molar-refractivity contribution in [3.05, 3.63) is 52.9 Å². The van der Waals surface area contributed by atoms with Crippen LogP contribution in [0.25, 0.3) is 10.6 Å². The van der Waals surface area contributed by atoms with Crippen LogP contribution in [0.15, 0.2) is 41.2 Å². The molecule has 0 radical (unpaired) electrons. The summed E-state index contributed by atoms with van der Waals surface area (Å²) in [5.74, 6) is 1.08. The van der Waals surface area contributed by atoms with E-state index in [1.165, 1.54) is 23.9 Å². The topological polar surface area (TPSA) is 93.9 Å². The number of nitrogens with zero attached hydrogens (tertiary/aromatic N) is 2. The third-order valence-electron chi connectivity index (χ3n) is 5.52. The van der Waals surface area contributed by atoms with Crippen molar-refractivity contribution in [1.29, 1.82) is 0 Å². The molecule has 0 unspecified atom stereocenters. The van der Waals surface area contributed by atoms with E-state index in [4.69, 9.17) is 13.9 Å². The highest BCUT2D eigenvalue weighted by molar-refractivity contribution is 7.17. The van der Waals surface area contributed by atoms with E-state index in [1.54, 1.807) is 25.2 Å². The summed E-state index contributed by atoms with van der Waals surface area (Å²) in [4.78, 5) is 32.3. The molecule has 168 valence electrons. The number of hydrogen-bond donors (Lipinski definition) is 1. The summed E-state index contributed by atoms with van der Waals surface area (Å²) in [6.45, 7) is 3.02. The van der Waals surface area contributed by atoms with Crippen LogP contribution in [0.1, 0.15) is 38.6 Å². The Kier molecular flexibility index (Phi) is 6.45. The minimum Gasteiger partial charge on any atom is -0.493 e. The van der Waals surface area contributed by atoms with E-state index in [1.807, 2.05) is 25.1 Å². The van der Waals surface area contributed by atoms with Gasteiger partial charge in [0.25, 0.3) is 11.8 Å². The van der Waals surface area contributed by atoms with Crippen molar-refractivity contribution in [2.45, 2.75) is 25.8 Å². The van der Waals surface area contributed by atoms with Gasteiger partial charge < -0.3 is 24.1 Å². The molecule has 9 heteroatoms. The van der Waals surface area contributed by atoms with Crippen LogP contribution in [-0.2, 0) is 0 Å². The van der Waals surface area contributed by atoms with Gasteiger partial charge in [-0.25, -0.2) is 4.98 Å². The summed E-state index contributed by atoms with van der Waals surface area (Å²) in [7, 11) is 3.17. The van der Waals surface area contributed by atoms with Crippen molar-refractivity contribution < 1.29 is 23.5 Å². The van der Waals surface area contributed by atoms with Crippen molar-refractivity contribution >= 4 is 23.2 Å². The van der Waals surface area contributed by atoms with Gasteiger partial charge in [0.15, 0.2) is 11.5 Å². The second-order valence-electron chi connectivity index (χ2n) is 7.56. The van der Waals surface area contributed by atoms with Gasteiger partial charge in [-0.3, -0.25) is 9.59 Å². The molecule has 0 bridgehead atoms. The molecule has 4 rings (SSSR count). The third-order valence-corrected chi connectivity index (χ3v) is 6.72. The van der Waals surface area contributed by atoms with Crippen molar-refractivity contribution in [2.24, 2.45) is 0 Å². The van der Waals surface area contributed by atoms with Gasteiger partial charge >= 0.3 is 0 Å². The van der Waals surface area contributed by atoms with Crippen molar-refractivity contribution in [3.63, 3.8) is 0 Å². The van der Waals surface area contributed by atoms with Crippen LogP contribution in [0.5, 0.6) is 11.5 Å². The van der Waals surface area contributed by atoms with Gasteiger partial charge in [-0.2, -0.15) is 0 Å². The SMILES string of the molecule is COc1ccc(-c2nc(C)c(C(=O)NC3CCN(C(=O)c4ccoc4)CC3)s2)cc1OC. The van der Waals surface area contributed by atoms with E-state index < -0.39 is 0 Å². The van der Waals surface area contributed by atoms with Crippen molar-refractivity contribution in [1.82, 2.24) is 15.2 Å². The lowest BCUT2D eigenvalue weighted by atomic mass is 10.0. The molecule has 0 atom stereocenters. The number of furan rings is 1. The van der Waals surface area contributed by atoms with E-state index in [0.717, 1.165) is 10.6 Å². The second-order valence-corrected chi connectivity index (χ2v) is 8.55. The molecule has 0 spiro atoms. The first kappa shape index (κ1) is 21.9. The van der Waals surface area contributed by atoms with E-state index in [0.29, 0.717) is 53.6 Å². The number of amides is 2. The summed E-state index contributed by atoms with van der Waals surface area (Å²) in [6.07, 6.45) is 4.36. The Balaban J connectivity index is 1.40. The van der Waals surface area contributed by atoms with E-state index in [9.17, 15) is 9.59 Å². The highest BCUT2D eigenvalue weighted by Gasteiger charge is 2.26. The molecule has 32 heavy (non-hydrogen) atoms. The van der Waals surface area contributed by atoms with Crippen LogP contribution in [0.3, 0.4) is 0 Å². The quantitative estimate of drug-likeness (QED) is 0.608. The Labute approximate surface area is 190 Å². The summed E-state index contributed by atoms with van der Waals surface area (Å²) in [5.41, 5.74) is 2.10. The summed E-state index contributed by atoms with van der Waals surface area (Å²) in [6, 6.07) is 7.25. The lowest BCUT2D eigenvalue weighted by Gasteiger charge is -2.32. The van der Waals surface area contributed by atoms with E-state index in [-0.39, 0.29) is 17.9 Å². The molecule has 2 amide bonds. The number of aryl methyl sites for hydroxylation is 1. The fraction of sp³-hybridized carbons (Fsp3) is 0.348. The van der Waals surface area contributed by atoms with Crippen LogP contribution < -0.4 is 14.8 Å². The molecular weight excluding hydrogens is 430 g/mol. The Morgan fingerprint density at radius 3 is 2.56 bits per heavy atom. The zero-order chi connectivity index (χ0) is 22.7. The monoisotopic (exact) mass is 455 g/mol. The largest absolute Gasteiger partial charge is 0.493 e. The Morgan fingerprint density at radius 1 is 1.16 bits per heavy atom. The number of likely N-dealkylation sites (tertiary alicyclic amines) is 1. The number of hydrogen-bond acceptors (Lipinski definition) is 7. The highest BCUT2D eigenvalue weighted by atomic mass is 32.1. The number of carbonyl (C=O) groups excluding carboxylic acids is 2. The molecule has 1 N–H and O–H groups in total. The van der Waals surface area contributed by atoms with Gasteiger partial charge in [0, 0.05) is 24.7 Å². The fourth-order valence-corrected chi connectivity index (χ4v) is 4.71. The normalized spacial score (nSPS) is 14.3. The molecule has 1 aromatic carbocycles. The number of methoxy groups -OCH3 is 2. The number of piperidine rings is 1. The first-order valence-electron chi connectivity index (χ1n) is 10.3. The Hall–Kier alpha value is -3.33. The molecule has 2 aromatic heterocycles. The first-order chi connectivity index (χ1) is 15.5. The number of thiazole rings is 1. The molecule has 0 aliphatic carbocycles. The molecule has 1 fully saturated rings. The maximum atomic E-state index is 12.9. The smallest absolute Gasteiger partial charge is 0.263 e. The Morgan fingerprint density at radius 2 is 1.91 bits per heavy atom. The molecule has 3 aromatic rings. The average Bonchev–Trinajstić information content (AvgIpc) is 3.49. The summed E-state index contributed by atoms with van der Waals surface area (Å²) >= 11 is 1.35. The minimum absolute atomic E-state index is 0.0157. The van der Waals surface area contributed by atoms with E-state index in [2.05, 4.69) is 10.3 Å². The number of rotatable bonds is 6. The summed E-state index contributed by atoms with van der Waals surface area (Å²) < 4.78 is 15.7. The van der Waals surface area contributed by atoms with Crippen LogP contribution in [0.2, 0.25) is 0 Å². The van der Waals surface area contributed by atoms with Gasteiger partial charge in [0.1, 0.15) is 16.1 Å². The Bertz CT molecular complexity index is 1100. The lowest BCUT2D eigenvalue weighted by molar-refractivity contribution is 0.0697. The number of carbonyl (C=O) groups is 2. The first-order valence-corrected chi connectivity index (χ1v) is 11.1. The van der Waals surface area contributed by atoms with Crippen molar-refractivity contribution in [3.8, 4) is 22.1 Å². The van der Waals surface area contributed by atoms with Gasteiger partial charge in [0.2, 0.25) is 0 Å². The van der Waals surface area contributed by atoms with Crippen LogP contribution in [0.4, 0.5) is 0 Å². The third kappa shape index (κ3) is 4.47. The average molecular weight is 456 g/mol.